The van der Waals surface area contributed by atoms with Crippen LogP contribution in [-0.2, 0) is 0 Å². The summed E-state index contributed by atoms with van der Waals surface area (Å²) >= 11 is 0. The SMILES string of the molecule is N#Cc1c(-c2ccccc2)oc2ccncc12. The third kappa shape index (κ3) is 1.47. The maximum atomic E-state index is 9.23. The zero-order chi connectivity index (χ0) is 11.7. The molecule has 0 aliphatic carbocycles. The van der Waals surface area contributed by atoms with Crippen molar-refractivity contribution < 1.29 is 4.42 Å². The van der Waals surface area contributed by atoms with Gasteiger partial charge in [-0.1, -0.05) is 30.3 Å². The van der Waals surface area contributed by atoms with E-state index in [0.717, 1.165) is 10.9 Å². The number of hydrogen-bond donors (Lipinski definition) is 0. The largest absolute Gasteiger partial charge is 0.455 e. The van der Waals surface area contributed by atoms with Crippen molar-refractivity contribution in [3.63, 3.8) is 0 Å². The second kappa shape index (κ2) is 3.76. The summed E-state index contributed by atoms with van der Waals surface area (Å²) in [5, 5.41) is 9.99. The molecule has 0 amide bonds. The predicted octanol–water partition coefficient (Wildman–Crippen LogP) is 3.37. The number of benzene rings is 1. The van der Waals surface area contributed by atoms with Gasteiger partial charge in [0.25, 0.3) is 0 Å². The number of furan rings is 1. The molecule has 0 saturated heterocycles. The fraction of sp³-hybridized carbons (Fsp3) is 0. The molecular weight excluding hydrogens is 212 g/mol. The van der Waals surface area contributed by atoms with Gasteiger partial charge >= 0.3 is 0 Å². The number of pyridine rings is 1. The van der Waals surface area contributed by atoms with Crippen LogP contribution in [0.15, 0.2) is 53.2 Å². The number of nitrogens with zero attached hydrogens (tertiary/aromatic N) is 2. The van der Waals surface area contributed by atoms with Gasteiger partial charge in [0.2, 0.25) is 0 Å². The van der Waals surface area contributed by atoms with Gasteiger partial charge in [-0.2, -0.15) is 5.26 Å². The molecule has 0 bridgehead atoms. The van der Waals surface area contributed by atoms with Crippen LogP contribution < -0.4 is 0 Å². The lowest BCUT2D eigenvalue weighted by molar-refractivity contribution is 0.630. The van der Waals surface area contributed by atoms with E-state index in [-0.39, 0.29) is 0 Å². The third-order valence-electron chi connectivity index (χ3n) is 2.64. The Bertz CT molecular complexity index is 708. The number of fused-ring (bicyclic) bond motifs is 1. The van der Waals surface area contributed by atoms with E-state index in [1.165, 1.54) is 0 Å². The van der Waals surface area contributed by atoms with Crippen LogP contribution in [0, 0.1) is 11.3 Å². The number of aromatic nitrogens is 1. The van der Waals surface area contributed by atoms with Crippen LogP contribution in [0.4, 0.5) is 0 Å². The first kappa shape index (κ1) is 9.61. The average molecular weight is 220 g/mol. The van der Waals surface area contributed by atoms with Crippen molar-refractivity contribution in [2.24, 2.45) is 0 Å². The molecule has 17 heavy (non-hydrogen) atoms. The molecule has 2 heterocycles. The summed E-state index contributed by atoms with van der Waals surface area (Å²) in [4.78, 5) is 4.02. The third-order valence-corrected chi connectivity index (χ3v) is 2.64. The Morgan fingerprint density at radius 1 is 1.12 bits per heavy atom. The summed E-state index contributed by atoms with van der Waals surface area (Å²) in [6, 6.07) is 13.6. The van der Waals surface area contributed by atoms with Crippen LogP contribution in [0.5, 0.6) is 0 Å². The molecule has 0 aliphatic heterocycles. The van der Waals surface area contributed by atoms with E-state index >= 15 is 0 Å². The van der Waals surface area contributed by atoms with Crippen LogP contribution in [0.25, 0.3) is 22.3 Å². The fourth-order valence-electron chi connectivity index (χ4n) is 1.85. The summed E-state index contributed by atoms with van der Waals surface area (Å²) in [5.74, 6) is 0.608. The van der Waals surface area contributed by atoms with Gasteiger partial charge in [0.15, 0.2) is 5.76 Å². The molecule has 0 atom stereocenters. The first-order valence-corrected chi connectivity index (χ1v) is 5.22. The maximum absolute atomic E-state index is 9.23. The van der Waals surface area contributed by atoms with Gasteiger partial charge < -0.3 is 4.42 Å². The fourth-order valence-corrected chi connectivity index (χ4v) is 1.85. The highest BCUT2D eigenvalue weighted by molar-refractivity contribution is 5.90. The van der Waals surface area contributed by atoms with Crippen molar-refractivity contribution in [2.75, 3.05) is 0 Å². The molecule has 0 fully saturated rings. The lowest BCUT2D eigenvalue weighted by Crippen LogP contribution is -1.78. The lowest BCUT2D eigenvalue weighted by atomic mass is 10.1. The van der Waals surface area contributed by atoms with Crippen LogP contribution in [0.1, 0.15) is 5.56 Å². The Morgan fingerprint density at radius 3 is 2.71 bits per heavy atom. The molecule has 3 aromatic rings. The van der Waals surface area contributed by atoms with Crippen molar-refractivity contribution in [1.29, 1.82) is 5.26 Å². The molecule has 3 heteroatoms. The Hall–Kier alpha value is -2.60. The van der Waals surface area contributed by atoms with Gasteiger partial charge in [0.05, 0.1) is 5.39 Å². The molecule has 3 nitrogen and oxygen atoms in total. The molecule has 0 spiro atoms. The second-order valence-corrected chi connectivity index (χ2v) is 3.66. The van der Waals surface area contributed by atoms with Crippen LogP contribution in [0.3, 0.4) is 0 Å². The maximum Gasteiger partial charge on any atom is 0.153 e. The van der Waals surface area contributed by atoms with E-state index in [2.05, 4.69) is 11.1 Å². The minimum absolute atomic E-state index is 0.541. The van der Waals surface area contributed by atoms with Crippen LogP contribution in [0.2, 0.25) is 0 Å². The second-order valence-electron chi connectivity index (χ2n) is 3.66. The van der Waals surface area contributed by atoms with Crippen molar-refractivity contribution in [2.45, 2.75) is 0 Å². The summed E-state index contributed by atoms with van der Waals surface area (Å²) in [5.41, 5.74) is 2.13. The summed E-state index contributed by atoms with van der Waals surface area (Å²) in [6.07, 6.45) is 3.31. The Kier molecular flexibility index (Phi) is 2.13. The first-order chi connectivity index (χ1) is 8.40. The highest BCUT2D eigenvalue weighted by atomic mass is 16.3. The van der Waals surface area contributed by atoms with Crippen molar-refractivity contribution in [3.05, 3.63) is 54.4 Å². The normalized spacial score (nSPS) is 10.3. The van der Waals surface area contributed by atoms with E-state index in [0.29, 0.717) is 16.9 Å². The van der Waals surface area contributed by atoms with Gasteiger partial charge in [-0.05, 0) is 6.07 Å². The van der Waals surface area contributed by atoms with Crippen molar-refractivity contribution in [1.82, 2.24) is 4.98 Å². The van der Waals surface area contributed by atoms with Gasteiger partial charge in [0.1, 0.15) is 17.2 Å². The van der Waals surface area contributed by atoms with Gasteiger partial charge in [-0.15, -0.1) is 0 Å². The number of hydrogen-bond acceptors (Lipinski definition) is 3. The summed E-state index contributed by atoms with van der Waals surface area (Å²) in [6.45, 7) is 0. The Labute approximate surface area is 97.9 Å². The van der Waals surface area contributed by atoms with E-state index in [9.17, 15) is 5.26 Å². The summed E-state index contributed by atoms with van der Waals surface area (Å²) in [7, 11) is 0. The summed E-state index contributed by atoms with van der Waals surface area (Å²) < 4.78 is 5.71. The average Bonchev–Trinajstić information content (AvgIpc) is 2.78. The zero-order valence-corrected chi connectivity index (χ0v) is 8.92. The smallest absolute Gasteiger partial charge is 0.153 e. The number of rotatable bonds is 1. The van der Waals surface area contributed by atoms with Crippen LogP contribution in [-0.4, -0.2) is 4.98 Å². The highest BCUT2D eigenvalue weighted by Crippen LogP contribution is 2.32. The zero-order valence-electron chi connectivity index (χ0n) is 8.92. The Morgan fingerprint density at radius 2 is 1.94 bits per heavy atom. The highest BCUT2D eigenvalue weighted by Gasteiger charge is 2.14. The minimum atomic E-state index is 0.541. The first-order valence-electron chi connectivity index (χ1n) is 5.22. The molecule has 0 saturated carbocycles. The molecule has 80 valence electrons. The van der Waals surface area contributed by atoms with E-state index in [1.807, 2.05) is 30.3 Å². The molecule has 3 rings (SSSR count). The molecule has 0 aliphatic rings. The van der Waals surface area contributed by atoms with Crippen molar-refractivity contribution in [3.8, 4) is 17.4 Å². The standard InChI is InChI=1S/C14H8N2O/c15-8-11-12-9-16-7-6-13(12)17-14(11)10-4-2-1-3-5-10/h1-7,9H. The molecule has 0 unspecified atom stereocenters. The van der Waals surface area contributed by atoms with Crippen molar-refractivity contribution >= 4 is 11.0 Å². The molecule has 1 aromatic carbocycles. The molecule has 0 N–H and O–H groups in total. The Balaban J connectivity index is 2.35. The van der Waals surface area contributed by atoms with Gasteiger partial charge in [-0.3, -0.25) is 4.98 Å². The van der Waals surface area contributed by atoms with Gasteiger partial charge in [0, 0.05) is 18.0 Å². The van der Waals surface area contributed by atoms with E-state index in [4.69, 9.17) is 4.42 Å². The van der Waals surface area contributed by atoms with Gasteiger partial charge in [-0.25, -0.2) is 0 Å². The lowest BCUT2D eigenvalue weighted by Gasteiger charge is -1.95. The van der Waals surface area contributed by atoms with Crippen LogP contribution >= 0.6 is 0 Å². The molecule has 2 aromatic heterocycles. The van der Waals surface area contributed by atoms with E-state index < -0.39 is 0 Å². The molecular formula is C14H8N2O. The predicted molar refractivity (Wildman–Crippen MR) is 64.2 cm³/mol. The minimum Gasteiger partial charge on any atom is -0.455 e. The molecule has 0 radical (unpaired) electrons. The quantitative estimate of drug-likeness (QED) is 0.631. The monoisotopic (exact) mass is 220 g/mol. The van der Waals surface area contributed by atoms with E-state index in [1.54, 1.807) is 18.5 Å². The topological polar surface area (TPSA) is 49.8 Å². The number of nitriles is 1.